The second-order valence-electron chi connectivity index (χ2n) is 4.44. The average Bonchev–Trinajstić information content (AvgIpc) is 2.85. The van der Waals surface area contributed by atoms with Gasteiger partial charge < -0.3 is 5.32 Å². The van der Waals surface area contributed by atoms with Crippen LogP contribution in [-0.4, -0.2) is 35.5 Å². The molecule has 0 amide bonds. The summed E-state index contributed by atoms with van der Waals surface area (Å²) in [5, 5.41) is 7.40. The molecule has 6 nitrogen and oxygen atoms in total. The molecule has 0 unspecified atom stereocenters. The molecular weight excluding hydrogens is 276 g/mol. The molecule has 0 spiro atoms. The third kappa shape index (κ3) is 3.57. The quantitative estimate of drug-likeness (QED) is 0.868. The van der Waals surface area contributed by atoms with Crippen molar-refractivity contribution in [2.45, 2.75) is 18.2 Å². The molecule has 1 heterocycles. The van der Waals surface area contributed by atoms with Crippen LogP contribution in [0.3, 0.4) is 0 Å². The number of sulfone groups is 1. The minimum Gasteiger partial charge on any atom is -0.385 e. The highest BCUT2D eigenvalue weighted by Crippen LogP contribution is 2.15. The zero-order valence-corrected chi connectivity index (χ0v) is 12.4. The number of hydrogen-bond donors (Lipinski definition) is 1. The lowest BCUT2D eigenvalue weighted by atomic mass is 10.3. The number of anilines is 1. The van der Waals surface area contributed by atoms with Crippen molar-refractivity contribution < 1.29 is 8.42 Å². The summed E-state index contributed by atoms with van der Waals surface area (Å²) in [7, 11) is -1.30. The fourth-order valence-electron chi connectivity index (χ4n) is 1.76. The van der Waals surface area contributed by atoms with Crippen molar-refractivity contribution in [2.24, 2.45) is 7.05 Å². The summed E-state index contributed by atoms with van der Waals surface area (Å²) >= 11 is 0. The van der Waals surface area contributed by atoms with Crippen molar-refractivity contribution in [3.63, 3.8) is 0 Å². The zero-order chi connectivity index (χ0) is 14.6. The smallest absolute Gasteiger partial charge is 0.178 e. The number of benzene rings is 1. The molecule has 20 heavy (non-hydrogen) atoms. The second kappa shape index (κ2) is 6.04. The molecule has 0 saturated carbocycles. The average molecular weight is 294 g/mol. The summed E-state index contributed by atoms with van der Waals surface area (Å²) in [6.45, 7) is 2.34. The summed E-state index contributed by atoms with van der Waals surface area (Å²) in [5.41, 5.74) is 0.885. The lowest BCUT2D eigenvalue weighted by Crippen LogP contribution is -2.07. The SMILES string of the molecule is CCS(=O)(=O)c1ccc(NCCc2ncn(C)n2)cc1. The van der Waals surface area contributed by atoms with E-state index in [2.05, 4.69) is 15.4 Å². The normalized spacial score (nSPS) is 11.5. The topological polar surface area (TPSA) is 76.9 Å². The van der Waals surface area contributed by atoms with E-state index in [0.29, 0.717) is 11.4 Å². The van der Waals surface area contributed by atoms with Crippen LogP contribution in [0.1, 0.15) is 12.7 Å². The molecule has 2 rings (SSSR count). The fraction of sp³-hybridized carbons (Fsp3) is 0.385. The maximum Gasteiger partial charge on any atom is 0.178 e. The Labute approximate surface area is 118 Å². The molecule has 2 aromatic rings. The van der Waals surface area contributed by atoms with Gasteiger partial charge in [0.15, 0.2) is 15.7 Å². The molecule has 1 aromatic heterocycles. The van der Waals surface area contributed by atoms with Gasteiger partial charge in [-0.05, 0) is 24.3 Å². The standard InChI is InChI=1S/C13H18N4O2S/c1-3-20(18,19)12-6-4-11(5-7-12)14-9-8-13-15-10-17(2)16-13/h4-7,10,14H,3,8-9H2,1-2H3. The van der Waals surface area contributed by atoms with Crippen molar-refractivity contribution in [2.75, 3.05) is 17.6 Å². The van der Waals surface area contributed by atoms with E-state index in [1.807, 2.05) is 7.05 Å². The van der Waals surface area contributed by atoms with Crippen molar-refractivity contribution in [1.82, 2.24) is 14.8 Å². The summed E-state index contributed by atoms with van der Waals surface area (Å²) in [6.07, 6.45) is 2.38. The molecule has 1 N–H and O–H groups in total. The first kappa shape index (κ1) is 14.5. The van der Waals surface area contributed by atoms with Gasteiger partial charge in [-0.3, -0.25) is 4.68 Å². The maximum absolute atomic E-state index is 11.7. The van der Waals surface area contributed by atoms with E-state index in [0.717, 1.165) is 17.9 Å². The van der Waals surface area contributed by atoms with Crippen LogP contribution in [0.2, 0.25) is 0 Å². The molecular formula is C13H18N4O2S. The van der Waals surface area contributed by atoms with Crippen LogP contribution >= 0.6 is 0 Å². The Balaban J connectivity index is 1.91. The monoisotopic (exact) mass is 294 g/mol. The largest absolute Gasteiger partial charge is 0.385 e. The van der Waals surface area contributed by atoms with Crippen LogP contribution in [0.15, 0.2) is 35.5 Å². The van der Waals surface area contributed by atoms with Gasteiger partial charge in [-0.2, -0.15) is 5.10 Å². The summed E-state index contributed by atoms with van der Waals surface area (Å²) in [5.74, 6) is 0.899. The van der Waals surface area contributed by atoms with Gasteiger partial charge in [-0.1, -0.05) is 6.92 Å². The van der Waals surface area contributed by atoms with E-state index in [4.69, 9.17) is 0 Å². The van der Waals surface area contributed by atoms with Crippen molar-refractivity contribution in [1.29, 1.82) is 0 Å². The van der Waals surface area contributed by atoms with Crippen LogP contribution in [0.5, 0.6) is 0 Å². The minimum atomic E-state index is -3.13. The molecule has 0 aliphatic carbocycles. The van der Waals surface area contributed by atoms with Gasteiger partial charge in [-0.15, -0.1) is 0 Å². The number of aromatic nitrogens is 3. The molecule has 0 atom stereocenters. The van der Waals surface area contributed by atoms with Crippen LogP contribution < -0.4 is 5.32 Å². The van der Waals surface area contributed by atoms with Gasteiger partial charge in [0.2, 0.25) is 0 Å². The Kier molecular flexibility index (Phi) is 4.39. The zero-order valence-electron chi connectivity index (χ0n) is 11.6. The minimum absolute atomic E-state index is 0.116. The maximum atomic E-state index is 11.7. The number of aryl methyl sites for hydroxylation is 1. The summed E-state index contributed by atoms with van der Waals surface area (Å²) < 4.78 is 25.0. The van der Waals surface area contributed by atoms with E-state index in [9.17, 15) is 8.42 Å². The fourth-order valence-corrected chi connectivity index (χ4v) is 2.65. The Morgan fingerprint density at radius 1 is 1.25 bits per heavy atom. The van der Waals surface area contributed by atoms with Gasteiger partial charge in [-0.25, -0.2) is 13.4 Å². The van der Waals surface area contributed by atoms with Crippen LogP contribution in [-0.2, 0) is 23.3 Å². The molecule has 0 fully saturated rings. The first-order valence-corrected chi connectivity index (χ1v) is 8.07. The van der Waals surface area contributed by atoms with Crippen molar-refractivity contribution in [3.8, 4) is 0 Å². The van der Waals surface area contributed by atoms with Crippen LogP contribution in [0.4, 0.5) is 5.69 Å². The summed E-state index contributed by atoms with van der Waals surface area (Å²) in [4.78, 5) is 4.50. The highest BCUT2D eigenvalue weighted by molar-refractivity contribution is 7.91. The van der Waals surface area contributed by atoms with E-state index in [1.54, 1.807) is 42.2 Å². The highest BCUT2D eigenvalue weighted by Gasteiger charge is 2.10. The first-order valence-electron chi connectivity index (χ1n) is 6.42. The van der Waals surface area contributed by atoms with Crippen LogP contribution in [0.25, 0.3) is 0 Å². The van der Waals surface area contributed by atoms with Crippen molar-refractivity contribution >= 4 is 15.5 Å². The molecule has 7 heteroatoms. The van der Waals surface area contributed by atoms with Gasteiger partial charge in [0.05, 0.1) is 10.6 Å². The predicted molar refractivity (Wildman–Crippen MR) is 77.4 cm³/mol. The number of nitrogens with zero attached hydrogens (tertiary/aromatic N) is 3. The third-order valence-electron chi connectivity index (χ3n) is 2.92. The van der Waals surface area contributed by atoms with Crippen LogP contribution in [0, 0.1) is 0 Å². The van der Waals surface area contributed by atoms with Crippen molar-refractivity contribution in [3.05, 3.63) is 36.4 Å². The molecule has 0 saturated heterocycles. The van der Waals surface area contributed by atoms with Gasteiger partial charge in [0.1, 0.15) is 6.33 Å². The summed E-state index contributed by atoms with van der Waals surface area (Å²) in [6, 6.07) is 6.79. The van der Waals surface area contributed by atoms with E-state index in [-0.39, 0.29) is 5.75 Å². The molecule has 1 aromatic carbocycles. The van der Waals surface area contributed by atoms with E-state index >= 15 is 0 Å². The Bertz CT molecular complexity index is 662. The van der Waals surface area contributed by atoms with Gasteiger partial charge in [0, 0.05) is 25.7 Å². The predicted octanol–water partition coefficient (Wildman–Crippen LogP) is 1.26. The second-order valence-corrected chi connectivity index (χ2v) is 6.72. The molecule has 0 radical (unpaired) electrons. The number of rotatable bonds is 6. The Morgan fingerprint density at radius 3 is 2.50 bits per heavy atom. The van der Waals surface area contributed by atoms with E-state index in [1.165, 1.54) is 0 Å². The third-order valence-corrected chi connectivity index (χ3v) is 4.67. The first-order chi connectivity index (χ1) is 9.51. The number of nitrogens with one attached hydrogen (secondary N) is 1. The lowest BCUT2D eigenvalue weighted by molar-refractivity contribution is 0.597. The Hall–Kier alpha value is -1.89. The molecule has 0 aliphatic heterocycles. The number of hydrogen-bond acceptors (Lipinski definition) is 5. The van der Waals surface area contributed by atoms with E-state index < -0.39 is 9.84 Å². The van der Waals surface area contributed by atoms with Gasteiger partial charge >= 0.3 is 0 Å². The lowest BCUT2D eigenvalue weighted by Gasteiger charge is -2.06. The highest BCUT2D eigenvalue weighted by atomic mass is 32.2. The molecule has 0 aliphatic rings. The molecule has 108 valence electrons. The van der Waals surface area contributed by atoms with Gasteiger partial charge in [0.25, 0.3) is 0 Å². The molecule has 0 bridgehead atoms. The Morgan fingerprint density at radius 2 is 1.95 bits per heavy atom.